The molecule has 1 aliphatic rings. The van der Waals surface area contributed by atoms with Gasteiger partial charge in [0.1, 0.15) is 11.6 Å². The molecule has 0 aliphatic carbocycles. The zero-order valence-corrected chi connectivity index (χ0v) is 20.9. The normalized spacial score (nSPS) is 14.0. The van der Waals surface area contributed by atoms with E-state index in [0.717, 1.165) is 28.7 Å². The van der Waals surface area contributed by atoms with Crippen LogP contribution in [0.2, 0.25) is 0 Å². The van der Waals surface area contributed by atoms with E-state index in [2.05, 4.69) is 15.1 Å². The van der Waals surface area contributed by atoms with Crippen LogP contribution in [0.25, 0.3) is 28.0 Å². The Labute approximate surface area is 223 Å². The number of nitrogens with zero attached hydrogens (tertiary/aromatic N) is 6. The average Bonchev–Trinajstić information content (AvgIpc) is 3.42. The number of nitrogen functional groups attached to an aromatic ring is 1. The maximum Gasteiger partial charge on any atom is 0.276 e. The van der Waals surface area contributed by atoms with Gasteiger partial charge in [-0.25, -0.2) is 9.97 Å². The number of aromatic nitrogens is 5. The quantitative estimate of drug-likeness (QED) is 0.333. The molecule has 6 rings (SSSR count). The highest BCUT2D eigenvalue weighted by atomic mass is 16.3. The van der Waals surface area contributed by atoms with Crippen molar-refractivity contribution in [3.05, 3.63) is 90.1 Å². The average molecular weight is 520 g/mol. The van der Waals surface area contributed by atoms with Crippen LogP contribution < -0.4 is 5.73 Å². The third kappa shape index (κ3) is 4.35. The van der Waals surface area contributed by atoms with Crippen LogP contribution in [0, 0.1) is 0 Å². The first-order valence-corrected chi connectivity index (χ1v) is 12.6. The van der Waals surface area contributed by atoms with Gasteiger partial charge in [0.05, 0.1) is 23.1 Å². The smallest absolute Gasteiger partial charge is 0.276 e. The first-order valence-electron chi connectivity index (χ1n) is 12.6. The molecule has 1 saturated heterocycles. The van der Waals surface area contributed by atoms with Crippen LogP contribution >= 0.6 is 0 Å². The molecule has 10 heteroatoms. The van der Waals surface area contributed by atoms with E-state index in [4.69, 9.17) is 10.7 Å². The predicted octanol–water partition coefficient (Wildman–Crippen LogP) is 3.97. The van der Waals surface area contributed by atoms with Crippen molar-refractivity contribution in [3.8, 4) is 28.1 Å². The Bertz CT molecular complexity index is 1680. The highest BCUT2D eigenvalue weighted by molar-refractivity contribution is 5.95. The van der Waals surface area contributed by atoms with Gasteiger partial charge in [0, 0.05) is 48.1 Å². The lowest BCUT2D eigenvalue weighted by atomic mass is 9.90. The van der Waals surface area contributed by atoms with Crippen molar-refractivity contribution >= 4 is 23.7 Å². The van der Waals surface area contributed by atoms with E-state index >= 15 is 0 Å². The molecular weight excluding hydrogens is 494 g/mol. The van der Waals surface area contributed by atoms with Crippen molar-refractivity contribution in [1.29, 1.82) is 0 Å². The third-order valence-electron chi connectivity index (χ3n) is 7.17. The molecule has 4 aromatic heterocycles. The number of hydrogen-bond acceptors (Lipinski definition) is 8. The molecule has 5 aromatic rings. The molecule has 194 valence electrons. The molecule has 0 atom stereocenters. The molecule has 0 unspecified atom stereocenters. The molecule has 10 nitrogen and oxygen atoms in total. The fourth-order valence-electron chi connectivity index (χ4n) is 5.08. The monoisotopic (exact) mass is 519 g/mol. The number of aldehydes is 1. The van der Waals surface area contributed by atoms with Gasteiger partial charge in [-0.15, -0.1) is 0 Å². The van der Waals surface area contributed by atoms with Crippen LogP contribution in [0.1, 0.15) is 45.3 Å². The Kier molecular flexibility index (Phi) is 6.20. The van der Waals surface area contributed by atoms with Gasteiger partial charge in [0.15, 0.2) is 17.6 Å². The number of likely N-dealkylation sites (tertiary alicyclic amines) is 1. The number of aromatic hydroxyl groups is 1. The number of rotatable bonds is 5. The molecule has 1 aliphatic heterocycles. The minimum atomic E-state index is -0.324. The lowest BCUT2D eigenvalue weighted by molar-refractivity contribution is 0.0702. The van der Waals surface area contributed by atoms with Gasteiger partial charge in [0.25, 0.3) is 5.91 Å². The molecule has 5 heterocycles. The standard InChI is InChI=1S/C29H25N7O3/c30-27-22(17-37)25(19-10-13-35(14-11-19)29(39)26-24(38)7-4-12-31-26)34-28-21(16-33-36(27)28)20-8-9-23(32-15-20)18-5-2-1-3-6-18/h1-9,12,15-17,19,38H,10-11,13-14,30H2. The molecule has 3 N–H and O–H groups in total. The van der Waals surface area contributed by atoms with Crippen molar-refractivity contribution in [2.75, 3.05) is 18.8 Å². The zero-order valence-electron chi connectivity index (χ0n) is 20.9. The SMILES string of the molecule is Nc1c(C=O)c(C2CCN(C(=O)c3ncccc3O)CC2)nc2c(-c3ccc(-c4ccccc4)nc3)cnn12. The highest BCUT2D eigenvalue weighted by Crippen LogP contribution is 2.34. The summed E-state index contributed by atoms with van der Waals surface area (Å²) in [6, 6.07) is 16.8. The second-order valence-corrected chi connectivity index (χ2v) is 9.44. The number of carbonyl (C=O) groups excluding carboxylic acids is 2. The summed E-state index contributed by atoms with van der Waals surface area (Å²) in [6.07, 6.45) is 6.82. The van der Waals surface area contributed by atoms with E-state index in [1.165, 1.54) is 16.8 Å². The van der Waals surface area contributed by atoms with Gasteiger partial charge in [0.2, 0.25) is 0 Å². The molecule has 0 spiro atoms. The van der Waals surface area contributed by atoms with Crippen molar-refractivity contribution in [2.45, 2.75) is 18.8 Å². The van der Waals surface area contributed by atoms with Crippen LogP contribution in [0.15, 0.2) is 73.2 Å². The van der Waals surface area contributed by atoms with E-state index in [9.17, 15) is 14.7 Å². The fourth-order valence-corrected chi connectivity index (χ4v) is 5.08. The molecule has 1 aromatic carbocycles. The van der Waals surface area contributed by atoms with Crippen LogP contribution in [-0.2, 0) is 0 Å². The van der Waals surface area contributed by atoms with Gasteiger partial charge in [-0.3, -0.25) is 14.6 Å². The summed E-state index contributed by atoms with van der Waals surface area (Å²) in [4.78, 5) is 40.2. The minimum Gasteiger partial charge on any atom is -0.505 e. The van der Waals surface area contributed by atoms with Crippen molar-refractivity contribution in [2.24, 2.45) is 0 Å². The Morgan fingerprint density at radius 3 is 2.46 bits per heavy atom. The molecule has 0 bridgehead atoms. The number of amides is 1. The second kappa shape index (κ2) is 9.97. The molecule has 1 amide bonds. The number of benzene rings is 1. The fraction of sp³-hybridized carbons (Fsp3) is 0.172. The van der Waals surface area contributed by atoms with E-state index in [1.54, 1.807) is 23.4 Å². The zero-order chi connectivity index (χ0) is 26.9. The van der Waals surface area contributed by atoms with Gasteiger partial charge < -0.3 is 15.7 Å². The van der Waals surface area contributed by atoms with E-state index in [-0.39, 0.29) is 29.1 Å². The van der Waals surface area contributed by atoms with Crippen molar-refractivity contribution in [3.63, 3.8) is 0 Å². The molecule has 0 saturated carbocycles. The highest BCUT2D eigenvalue weighted by Gasteiger charge is 2.30. The van der Waals surface area contributed by atoms with Crippen LogP contribution in [0.5, 0.6) is 5.75 Å². The summed E-state index contributed by atoms with van der Waals surface area (Å²) in [5, 5.41) is 14.4. The number of anilines is 1. The number of nitrogens with two attached hydrogens (primary N) is 1. The summed E-state index contributed by atoms with van der Waals surface area (Å²) in [5.74, 6) is -0.329. The van der Waals surface area contributed by atoms with Crippen molar-refractivity contribution < 1.29 is 14.7 Å². The number of piperidine rings is 1. The molecule has 0 radical (unpaired) electrons. The van der Waals surface area contributed by atoms with Crippen LogP contribution in [0.4, 0.5) is 5.82 Å². The number of carbonyl (C=O) groups is 2. The summed E-state index contributed by atoms with van der Waals surface area (Å²) in [7, 11) is 0. The number of pyridine rings is 2. The van der Waals surface area contributed by atoms with E-state index < -0.39 is 0 Å². The summed E-state index contributed by atoms with van der Waals surface area (Å²) in [5.41, 5.74) is 11.3. The first kappa shape index (κ1) is 24.2. The lowest BCUT2D eigenvalue weighted by Crippen LogP contribution is -2.38. The van der Waals surface area contributed by atoms with Gasteiger partial charge in [-0.05, 0) is 31.0 Å². The Balaban J connectivity index is 1.30. The molecule has 1 fully saturated rings. The van der Waals surface area contributed by atoms with Gasteiger partial charge in [-0.2, -0.15) is 9.61 Å². The number of hydrogen-bond donors (Lipinski definition) is 2. The third-order valence-corrected chi connectivity index (χ3v) is 7.17. The van der Waals surface area contributed by atoms with Gasteiger partial charge in [-0.1, -0.05) is 36.4 Å². The minimum absolute atomic E-state index is 0.0316. The van der Waals surface area contributed by atoms with Crippen molar-refractivity contribution in [1.82, 2.24) is 29.5 Å². The molecular formula is C29H25N7O3. The maximum absolute atomic E-state index is 12.9. The Morgan fingerprint density at radius 1 is 0.974 bits per heavy atom. The summed E-state index contributed by atoms with van der Waals surface area (Å²) in [6.45, 7) is 0.864. The van der Waals surface area contributed by atoms with Crippen LogP contribution in [0.3, 0.4) is 0 Å². The first-order chi connectivity index (χ1) is 19.0. The Morgan fingerprint density at radius 2 is 1.77 bits per heavy atom. The topological polar surface area (TPSA) is 140 Å². The van der Waals surface area contributed by atoms with Gasteiger partial charge >= 0.3 is 0 Å². The van der Waals surface area contributed by atoms with E-state index in [0.29, 0.717) is 42.8 Å². The van der Waals surface area contributed by atoms with E-state index in [1.807, 2.05) is 42.5 Å². The number of fused-ring (bicyclic) bond motifs is 1. The largest absolute Gasteiger partial charge is 0.505 e. The lowest BCUT2D eigenvalue weighted by Gasteiger charge is -2.32. The molecule has 39 heavy (non-hydrogen) atoms. The Hall–Kier alpha value is -5.12. The maximum atomic E-state index is 12.9. The summed E-state index contributed by atoms with van der Waals surface area (Å²) >= 11 is 0. The second-order valence-electron chi connectivity index (χ2n) is 9.44. The summed E-state index contributed by atoms with van der Waals surface area (Å²) < 4.78 is 1.48. The predicted molar refractivity (Wildman–Crippen MR) is 145 cm³/mol. The van der Waals surface area contributed by atoms with Crippen LogP contribution in [-0.4, -0.2) is 59.9 Å².